The van der Waals surface area contributed by atoms with Crippen molar-refractivity contribution in [3.8, 4) is 6.07 Å². The molecule has 0 amide bonds. The first kappa shape index (κ1) is 14.4. The number of hydrogen-bond acceptors (Lipinski definition) is 5. The van der Waals surface area contributed by atoms with E-state index in [4.69, 9.17) is 10.4 Å². The zero-order valence-corrected chi connectivity index (χ0v) is 11.4. The summed E-state index contributed by atoms with van der Waals surface area (Å²) < 4.78 is 25.9. The van der Waals surface area contributed by atoms with Crippen molar-refractivity contribution in [1.82, 2.24) is 9.29 Å². The van der Waals surface area contributed by atoms with Crippen molar-refractivity contribution in [2.75, 3.05) is 6.54 Å². The molecule has 0 aromatic carbocycles. The van der Waals surface area contributed by atoms with Gasteiger partial charge in [-0.15, -0.1) is 0 Å². The monoisotopic (exact) mass is 295 g/mol. The van der Waals surface area contributed by atoms with Gasteiger partial charge in [-0.05, 0) is 31.4 Å². The predicted molar refractivity (Wildman–Crippen MR) is 68.1 cm³/mol. The van der Waals surface area contributed by atoms with E-state index >= 15 is 0 Å². The van der Waals surface area contributed by atoms with Crippen LogP contribution in [0, 0.1) is 11.3 Å². The first-order chi connectivity index (χ1) is 9.46. The van der Waals surface area contributed by atoms with Crippen LogP contribution in [0.1, 0.15) is 25.0 Å². The molecule has 106 valence electrons. The summed E-state index contributed by atoms with van der Waals surface area (Å²) in [6.07, 6.45) is 2.71. The van der Waals surface area contributed by atoms with Crippen molar-refractivity contribution in [2.45, 2.75) is 30.2 Å². The third kappa shape index (κ3) is 2.64. The summed E-state index contributed by atoms with van der Waals surface area (Å²) in [4.78, 5) is 14.8. The van der Waals surface area contributed by atoms with Crippen LogP contribution in [0.4, 0.5) is 0 Å². The zero-order valence-electron chi connectivity index (χ0n) is 10.6. The molecule has 1 aliphatic heterocycles. The van der Waals surface area contributed by atoms with E-state index in [2.05, 4.69) is 4.98 Å². The van der Waals surface area contributed by atoms with Gasteiger partial charge in [0.25, 0.3) is 0 Å². The van der Waals surface area contributed by atoms with Crippen LogP contribution in [-0.2, 0) is 14.8 Å². The van der Waals surface area contributed by atoms with Crippen LogP contribution in [0.2, 0.25) is 0 Å². The van der Waals surface area contributed by atoms with E-state index in [9.17, 15) is 13.2 Å². The van der Waals surface area contributed by atoms with Crippen molar-refractivity contribution in [1.29, 1.82) is 5.26 Å². The Labute approximate surface area is 116 Å². The van der Waals surface area contributed by atoms with Crippen molar-refractivity contribution in [3.05, 3.63) is 24.0 Å². The minimum atomic E-state index is -3.90. The molecule has 0 bridgehead atoms. The lowest BCUT2D eigenvalue weighted by Crippen LogP contribution is -2.47. The van der Waals surface area contributed by atoms with E-state index in [0.717, 1.165) is 10.5 Å². The minimum absolute atomic E-state index is 0.0929. The Bertz CT molecular complexity index is 648. The highest BCUT2D eigenvalue weighted by Gasteiger charge is 2.37. The van der Waals surface area contributed by atoms with Gasteiger partial charge >= 0.3 is 5.97 Å². The van der Waals surface area contributed by atoms with Crippen LogP contribution in [0.15, 0.2) is 23.2 Å². The van der Waals surface area contributed by atoms with E-state index in [0.29, 0.717) is 19.3 Å². The maximum Gasteiger partial charge on any atom is 0.322 e. The average molecular weight is 295 g/mol. The Morgan fingerprint density at radius 1 is 1.45 bits per heavy atom. The number of carbonyl (C=O) groups is 1. The molecule has 0 aliphatic carbocycles. The lowest BCUT2D eigenvalue weighted by Gasteiger charge is -2.31. The molecule has 1 fully saturated rings. The molecule has 1 N–H and O–H groups in total. The molecule has 1 aromatic heterocycles. The zero-order chi connectivity index (χ0) is 14.8. The summed E-state index contributed by atoms with van der Waals surface area (Å²) >= 11 is 0. The van der Waals surface area contributed by atoms with Gasteiger partial charge in [-0.1, -0.05) is 0 Å². The number of nitriles is 1. The Balaban J connectivity index is 2.37. The topological polar surface area (TPSA) is 111 Å². The SMILES string of the molecule is N#Cc1ccc(S(=O)(=O)N2CCCC[C@@H]2C(=O)O)cn1. The van der Waals surface area contributed by atoms with Gasteiger partial charge < -0.3 is 5.11 Å². The highest BCUT2D eigenvalue weighted by Crippen LogP contribution is 2.25. The second kappa shape index (κ2) is 5.56. The predicted octanol–water partition coefficient (Wildman–Crippen LogP) is 0.581. The summed E-state index contributed by atoms with van der Waals surface area (Å²) in [7, 11) is -3.90. The van der Waals surface area contributed by atoms with Crippen LogP contribution in [0.5, 0.6) is 0 Å². The summed E-state index contributed by atoms with van der Waals surface area (Å²) in [5, 5.41) is 17.8. The molecule has 8 heteroatoms. The molecule has 1 atom stereocenters. The van der Waals surface area contributed by atoms with Crippen molar-refractivity contribution >= 4 is 16.0 Å². The Morgan fingerprint density at radius 2 is 2.20 bits per heavy atom. The van der Waals surface area contributed by atoms with Gasteiger partial charge in [0.1, 0.15) is 22.7 Å². The van der Waals surface area contributed by atoms with Gasteiger partial charge in [-0.25, -0.2) is 13.4 Å². The summed E-state index contributed by atoms with van der Waals surface area (Å²) in [6, 6.07) is 3.33. The van der Waals surface area contributed by atoms with Gasteiger partial charge in [0.05, 0.1) is 0 Å². The summed E-state index contributed by atoms with van der Waals surface area (Å²) in [6.45, 7) is 0.180. The van der Waals surface area contributed by atoms with E-state index in [1.54, 1.807) is 6.07 Å². The van der Waals surface area contributed by atoms with Gasteiger partial charge in [-0.2, -0.15) is 9.57 Å². The Morgan fingerprint density at radius 3 is 2.75 bits per heavy atom. The molecule has 7 nitrogen and oxygen atoms in total. The number of aliphatic carboxylic acids is 1. The fourth-order valence-corrected chi connectivity index (χ4v) is 3.77. The Hall–Kier alpha value is -1.98. The van der Waals surface area contributed by atoms with E-state index in [-0.39, 0.29) is 17.1 Å². The standard InChI is InChI=1S/C12H13N3O4S/c13-7-9-4-5-10(8-14-9)20(18,19)15-6-2-1-3-11(15)12(16)17/h4-5,8,11H,1-3,6H2,(H,16,17)/t11-/m1/s1. The van der Waals surface area contributed by atoms with Crippen LogP contribution < -0.4 is 0 Å². The fraction of sp³-hybridized carbons (Fsp3) is 0.417. The van der Waals surface area contributed by atoms with Crippen LogP contribution in [0.25, 0.3) is 0 Å². The number of aromatic nitrogens is 1. The minimum Gasteiger partial charge on any atom is -0.480 e. The van der Waals surface area contributed by atoms with Gasteiger partial charge in [0.2, 0.25) is 10.0 Å². The van der Waals surface area contributed by atoms with Gasteiger partial charge in [0, 0.05) is 12.7 Å². The van der Waals surface area contributed by atoms with Gasteiger partial charge in [-0.3, -0.25) is 4.79 Å². The van der Waals surface area contributed by atoms with Crippen molar-refractivity contribution in [2.24, 2.45) is 0 Å². The molecule has 1 aromatic rings. The van der Waals surface area contributed by atoms with Gasteiger partial charge in [0.15, 0.2) is 0 Å². The number of piperidine rings is 1. The number of rotatable bonds is 3. The average Bonchev–Trinajstić information content (AvgIpc) is 2.47. The van der Waals surface area contributed by atoms with E-state index in [1.165, 1.54) is 12.1 Å². The first-order valence-electron chi connectivity index (χ1n) is 6.07. The van der Waals surface area contributed by atoms with Crippen LogP contribution in [-0.4, -0.2) is 41.4 Å². The highest BCUT2D eigenvalue weighted by atomic mass is 32.2. The molecule has 20 heavy (non-hydrogen) atoms. The molecule has 0 radical (unpaired) electrons. The smallest absolute Gasteiger partial charge is 0.322 e. The summed E-state index contributed by atoms with van der Waals surface area (Å²) in [5.41, 5.74) is 0.109. The van der Waals surface area contributed by atoms with Crippen LogP contribution in [0.3, 0.4) is 0 Å². The first-order valence-corrected chi connectivity index (χ1v) is 7.51. The lowest BCUT2D eigenvalue weighted by atomic mass is 10.1. The van der Waals surface area contributed by atoms with Crippen molar-refractivity contribution in [3.63, 3.8) is 0 Å². The van der Waals surface area contributed by atoms with E-state index < -0.39 is 22.0 Å². The quantitative estimate of drug-likeness (QED) is 0.873. The largest absolute Gasteiger partial charge is 0.480 e. The second-order valence-electron chi connectivity index (χ2n) is 4.46. The number of sulfonamides is 1. The number of nitrogens with zero attached hydrogens (tertiary/aromatic N) is 3. The molecule has 0 saturated carbocycles. The fourth-order valence-electron chi connectivity index (χ4n) is 2.17. The van der Waals surface area contributed by atoms with Crippen LogP contribution >= 0.6 is 0 Å². The van der Waals surface area contributed by atoms with E-state index in [1.807, 2.05) is 0 Å². The molecule has 0 unspecified atom stereocenters. The summed E-state index contributed by atoms with van der Waals surface area (Å²) in [5.74, 6) is -1.14. The third-order valence-corrected chi connectivity index (χ3v) is 5.09. The highest BCUT2D eigenvalue weighted by molar-refractivity contribution is 7.89. The second-order valence-corrected chi connectivity index (χ2v) is 6.35. The normalized spacial score (nSPS) is 20.2. The lowest BCUT2D eigenvalue weighted by molar-refractivity contribution is -0.142. The molecular weight excluding hydrogens is 282 g/mol. The molecule has 0 spiro atoms. The number of carboxylic acid groups (broad SMARTS) is 1. The molecule has 2 heterocycles. The molecular formula is C12H13N3O4S. The number of pyridine rings is 1. The number of carboxylic acids is 1. The number of hydrogen-bond donors (Lipinski definition) is 1. The maximum atomic E-state index is 12.4. The molecule has 1 saturated heterocycles. The molecule has 1 aliphatic rings. The Kier molecular flexibility index (Phi) is 4.01. The third-order valence-electron chi connectivity index (χ3n) is 3.20. The van der Waals surface area contributed by atoms with Crippen molar-refractivity contribution < 1.29 is 18.3 Å². The maximum absolute atomic E-state index is 12.4. The molecule has 2 rings (SSSR count).